The topological polar surface area (TPSA) is 28.6 Å². The van der Waals surface area contributed by atoms with Crippen LogP contribution < -0.4 is 9.64 Å². The van der Waals surface area contributed by atoms with Crippen LogP contribution in [-0.2, 0) is 6.54 Å². The Morgan fingerprint density at radius 2 is 1.79 bits per heavy atom. The van der Waals surface area contributed by atoms with E-state index in [-0.39, 0.29) is 0 Å². The van der Waals surface area contributed by atoms with Crippen LogP contribution in [0.1, 0.15) is 37.5 Å². The maximum atomic E-state index is 5.75. The van der Waals surface area contributed by atoms with Gasteiger partial charge in [0.2, 0.25) is 0 Å². The molecule has 29 heavy (non-hydrogen) atoms. The minimum absolute atomic E-state index is 0.462. The van der Waals surface area contributed by atoms with Crippen molar-refractivity contribution in [3.63, 3.8) is 0 Å². The van der Waals surface area contributed by atoms with Crippen molar-refractivity contribution in [3.8, 4) is 5.75 Å². The Balaban J connectivity index is 1.50. The van der Waals surface area contributed by atoms with Crippen LogP contribution in [0.25, 0.3) is 10.2 Å². The molecule has 0 aliphatic carbocycles. The molecule has 1 saturated heterocycles. The molecule has 2 atom stereocenters. The maximum Gasteiger partial charge on any atom is 0.186 e. The van der Waals surface area contributed by atoms with Crippen LogP contribution in [0.5, 0.6) is 5.75 Å². The van der Waals surface area contributed by atoms with Gasteiger partial charge >= 0.3 is 0 Å². The van der Waals surface area contributed by atoms with Crippen molar-refractivity contribution in [2.24, 2.45) is 0 Å². The number of aryl methyl sites for hydroxylation is 2. The average molecular weight is 410 g/mol. The summed E-state index contributed by atoms with van der Waals surface area (Å²) in [6, 6.07) is 14.0. The summed E-state index contributed by atoms with van der Waals surface area (Å²) in [4.78, 5) is 9.98. The molecule has 154 valence electrons. The van der Waals surface area contributed by atoms with Crippen molar-refractivity contribution < 1.29 is 4.74 Å². The van der Waals surface area contributed by atoms with E-state index in [0.717, 1.165) is 36.0 Å². The highest BCUT2D eigenvalue weighted by Crippen LogP contribution is 2.32. The Morgan fingerprint density at radius 1 is 1.03 bits per heavy atom. The maximum absolute atomic E-state index is 5.75. The lowest BCUT2D eigenvalue weighted by atomic mass is 10.0. The van der Waals surface area contributed by atoms with E-state index in [1.807, 2.05) is 18.3 Å². The monoisotopic (exact) mass is 409 g/mol. The van der Waals surface area contributed by atoms with Crippen LogP contribution in [0.4, 0.5) is 5.13 Å². The Labute approximate surface area is 178 Å². The van der Waals surface area contributed by atoms with Crippen LogP contribution >= 0.6 is 11.3 Å². The summed E-state index contributed by atoms with van der Waals surface area (Å²) in [5.41, 5.74) is 5.00. The lowest BCUT2D eigenvalue weighted by molar-refractivity contribution is 0.123. The highest BCUT2D eigenvalue weighted by molar-refractivity contribution is 7.22. The number of anilines is 1. The van der Waals surface area contributed by atoms with Crippen LogP contribution in [0.2, 0.25) is 0 Å². The van der Waals surface area contributed by atoms with Crippen molar-refractivity contribution >= 4 is 26.7 Å². The van der Waals surface area contributed by atoms with Gasteiger partial charge in [-0.3, -0.25) is 4.90 Å². The van der Waals surface area contributed by atoms with E-state index in [4.69, 9.17) is 9.72 Å². The molecule has 0 N–H and O–H groups in total. The molecule has 1 aliphatic heterocycles. The number of benzene rings is 2. The first kappa shape index (κ1) is 20.2. The first-order valence-corrected chi connectivity index (χ1v) is 11.4. The highest BCUT2D eigenvalue weighted by Gasteiger charge is 2.31. The average Bonchev–Trinajstić information content (AvgIpc) is 3.07. The molecule has 2 aromatic carbocycles. The van der Waals surface area contributed by atoms with Crippen molar-refractivity contribution in [1.82, 2.24) is 9.88 Å². The zero-order chi connectivity index (χ0) is 20.5. The molecule has 4 nitrogen and oxygen atoms in total. The zero-order valence-corrected chi connectivity index (χ0v) is 18.9. The van der Waals surface area contributed by atoms with Gasteiger partial charge in [-0.1, -0.05) is 23.5 Å². The first-order valence-electron chi connectivity index (χ1n) is 10.5. The van der Waals surface area contributed by atoms with E-state index in [2.05, 4.69) is 73.9 Å². The first-order chi connectivity index (χ1) is 13.9. The fraction of sp³-hybridized carbons (Fsp3) is 0.458. The van der Waals surface area contributed by atoms with Crippen molar-refractivity contribution in [3.05, 3.63) is 53.1 Å². The fourth-order valence-corrected chi connectivity index (χ4v) is 5.44. The van der Waals surface area contributed by atoms with Crippen molar-refractivity contribution in [2.75, 3.05) is 24.6 Å². The zero-order valence-electron chi connectivity index (χ0n) is 18.1. The lowest BCUT2D eigenvalue weighted by Gasteiger charge is -2.44. The Hall–Kier alpha value is -2.11. The van der Waals surface area contributed by atoms with Gasteiger partial charge in [-0.15, -0.1) is 0 Å². The van der Waals surface area contributed by atoms with Crippen molar-refractivity contribution in [1.29, 1.82) is 0 Å². The van der Waals surface area contributed by atoms with E-state index in [0.29, 0.717) is 18.7 Å². The molecule has 4 rings (SSSR count). The van der Waals surface area contributed by atoms with Gasteiger partial charge in [-0.25, -0.2) is 4.98 Å². The second-order valence-corrected chi connectivity index (χ2v) is 9.34. The highest BCUT2D eigenvalue weighted by atomic mass is 32.1. The number of aromatic nitrogens is 1. The van der Waals surface area contributed by atoms with Gasteiger partial charge in [-0.2, -0.15) is 0 Å². The number of thiazole rings is 1. The van der Waals surface area contributed by atoms with Crippen molar-refractivity contribution in [2.45, 2.75) is 53.2 Å². The standard InChI is InChI=1S/C24H31N3OS/c1-6-28-21-10-17(3)9-20(12-21)15-27-18(4)13-26(14-19(27)5)24-25-22-8-7-16(2)11-23(22)29-24/h7-12,18-19H,6,13-15H2,1-5H3. The summed E-state index contributed by atoms with van der Waals surface area (Å²) in [5.74, 6) is 0.978. The summed E-state index contributed by atoms with van der Waals surface area (Å²) in [7, 11) is 0. The molecular formula is C24H31N3OS. The number of ether oxygens (including phenoxy) is 1. The summed E-state index contributed by atoms with van der Waals surface area (Å²) in [6.07, 6.45) is 0. The second-order valence-electron chi connectivity index (χ2n) is 8.33. The minimum atomic E-state index is 0.462. The van der Waals surface area contributed by atoms with Crippen LogP contribution in [0.3, 0.4) is 0 Å². The number of hydrogen-bond donors (Lipinski definition) is 0. The number of rotatable bonds is 5. The third kappa shape index (κ3) is 4.41. The molecule has 0 amide bonds. The summed E-state index contributed by atoms with van der Waals surface area (Å²) in [6.45, 7) is 14.7. The molecule has 0 radical (unpaired) electrons. The summed E-state index contributed by atoms with van der Waals surface area (Å²) in [5, 5.41) is 1.15. The molecular weight excluding hydrogens is 378 g/mol. The smallest absolute Gasteiger partial charge is 0.186 e. The molecule has 5 heteroatoms. The number of fused-ring (bicyclic) bond motifs is 1. The quantitative estimate of drug-likeness (QED) is 0.563. The second kappa shape index (κ2) is 8.33. The van der Waals surface area contributed by atoms with Gasteiger partial charge in [0.1, 0.15) is 5.75 Å². The molecule has 2 heterocycles. The third-order valence-corrected chi connectivity index (χ3v) is 6.77. The largest absolute Gasteiger partial charge is 0.494 e. The van der Waals surface area contributed by atoms with Gasteiger partial charge in [0.15, 0.2) is 5.13 Å². The number of hydrogen-bond acceptors (Lipinski definition) is 5. The Kier molecular flexibility index (Phi) is 5.79. The minimum Gasteiger partial charge on any atom is -0.494 e. The molecule has 1 aromatic heterocycles. The molecule has 3 aromatic rings. The van der Waals surface area contributed by atoms with Crippen LogP contribution in [-0.4, -0.2) is 41.7 Å². The van der Waals surface area contributed by atoms with E-state index >= 15 is 0 Å². The van der Waals surface area contributed by atoms with Gasteiger partial charge in [0.05, 0.1) is 16.8 Å². The Morgan fingerprint density at radius 3 is 2.52 bits per heavy atom. The molecule has 0 saturated carbocycles. The van der Waals surface area contributed by atoms with Gasteiger partial charge in [0, 0.05) is 31.7 Å². The molecule has 0 spiro atoms. The predicted molar refractivity (Wildman–Crippen MR) is 123 cm³/mol. The number of nitrogens with zero attached hydrogens (tertiary/aromatic N) is 3. The summed E-state index contributed by atoms with van der Waals surface area (Å²) < 4.78 is 7.03. The number of piperazine rings is 1. The molecule has 0 bridgehead atoms. The third-order valence-electron chi connectivity index (χ3n) is 5.69. The fourth-order valence-electron chi connectivity index (χ4n) is 4.36. The van der Waals surface area contributed by atoms with Gasteiger partial charge in [-0.05, 0) is 75.6 Å². The summed E-state index contributed by atoms with van der Waals surface area (Å²) >= 11 is 1.82. The van der Waals surface area contributed by atoms with Gasteiger partial charge in [0.25, 0.3) is 0 Å². The molecule has 1 fully saturated rings. The van der Waals surface area contributed by atoms with Crippen LogP contribution in [0, 0.1) is 13.8 Å². The predicted octanol–water partition coefficient (Wildman–Crippen LogP) is 5.41. The normalized spacial score (nSPS) is 20.4. The Bertz CT molecular complexity index is 987. The lowest BCUT2D eigenvalue weighted by Crippen LogP contribution is -2.56. The molecule has 2 unspecified atom stereocenters. The van der Waals surface area contributed by atoms with Crippen LogP contribution in [0.15, 0.2) is 36.4 Å². The SMILES string of the molecule is CCOc1cc(C)cc(CN2C(C)CN(c3nc4ccc(C)cc4s3)CC2C)c1. The van der Waals surface area contributed by atoms with E-state index in [1.165, 1.54) is 21.4 Å². The van der Waals surface area contributed by atoms with E-state index in [9.17, 15) is 0 Å². The molecule has 1 aliphatic rings. The van der Waals surface area contributed by atoms with E-state index in [1.54, 1.807) is 0 Å². The van der Waals surface area contributed by atoms with E-state index < -0.39 is 0 Å². The van der Waals surface area contributed by atoms with Gasteiger partial charge < -0.3 is 9.64 Å².